The van der Waals surface area contributed by atoms with Crippen LogP contribution in [0, 0.1) is 0 Å². The molecule has 0 radical (unpaired) electrons. The summed E-state index contributed by atoms with van der Waals surface area (Å²) >= 11 is 6.29. The summed E-state index contributed by atoms with van der Waals surface area (Å²) in [6.07, 6.45) is 5.86. The van der Waals surface area contributed by atoms with Gasteiger partial charge < -0.3 is 10.3 Å². The monoisotopic (exact) mass is 220 g/mol. The molecule has 1 aromatic carbocycles. The van der Waals surface area contributed by atoms with Crippen LogP contribution < -0.4 is 5.73 Å². The van der Waals surface area contributed by atoms with Gasteiger partial charge in [-0.05, 0) is 17.7 Å². The maximum atomic E-state index is 6.29. The number of aromatic nitrogens is 1. The molecule has 0 fully saturated rings. The third kappa shape index (κ3) is 1.78. The minimum atomic E-state index is 0.531. The fourth-order valence-electron chi connectivity index (χ4n) is 1.66. The van der Waals surface area contributed by atoms with E-state index in [0.717, 1.165) is 21.5 Å². The molecule has 0 saturated heterocycles. The van der Waals surface area contributed by atoms with Crippen LogP contribution in [0.3, 0.4) is 0 Å². The standard InChI is InChI=1S/C12H13ClN2/c1-15-8-6-10-11(15)5-4-9(12(10)13)3-2-7-14/h2-6,8H,7,14H2,1H3/b3-2+. The Kier molecular flexibility index (Phi) is 2.80. The van der Waals surface area contributed by atoms with Crippen molar-refractivity contribution in [2.75, 3.05) is 6.54 Å². The second-order valence-electron chi connectivity index (χ2n) is 3.47. The Morgan fingerprint density at radius 1 is 1.40 bits per heavy atom. The molecule has 0 unspecified atom stereocenters. The van der Waals surface area contributed by atoms with Gasteiger partial charge in [-0.3, -0.25) is 0 Å². The Morgan fingerprint density at radius 2 is 2.20 bits per heavy atom. The van der Waals surface area contributed by atoms with Gasteiger partial charge >= 0.3 is 0 Å². The van der Waals surface area contributed by atoms with E-state index in [2.05, 4.69) is 10.6 Å². The van der Waals surface area contributed by atoms with E-state index in [0.29, 0.717) is 6.54 Å². The van der Waals surface area contributed by atoms with Crippen LogP contribution in [-0.4, -0.2) is 11.1 Å². The lowest BCUT2D eigenvalue weighted by molar-refractivity contribution is 0.969. The van der Waals surface area contributed by atoms with Crippen LogP contribution in [0.25, 0.3) is 17.0 Å². The summed E-state index contributed by atoms with van der Waals surface area (Å²) in [7, 11) is 2.01. The molecule has 0 aliphatic heterocycles. The molecule has 2 N–H and O–H groups in total. The fraction of sp³-hybridized carbons (Fsp3) is 0.167. The normalized spacial score (nSPS) is 11.7. The van der Waals surface area contributed by atoms with Crippen LogP contribution in [0.4, 0.5) is 0 Å². The summed E-state index contributed by atoms with van der Waals surface area (Å²) in [6.45, 7) is 0.531. The molecule has 0 aliphatic carbocycles. The zero-order chi connectivity index (χ0) is 10.8. The van der Waals surface area contributed by atoms with Crippen molar-refractivity contribution in [1.82, 2.24) is 4.57 Å². The fourth-order valence-corrected chi connectivity index (χ4v) is 1.94. The van der Waals surface area contributed by atoms with Crippen LogP contribution in [0.5, 0.6) is 0 Å². The first-order chi connectivity index (χ1) is 7.24. The van der Waals surface area contributed by atoms with Gasteiger partial charge in [0, 0.05) is 30.7 Å². The Morgan fingerprint density at radius 3 is 2.93 bits per heavy atom. The Hall–Kier alpha value is -1.25. The summed E-state index contributed by atoms with van der Waals surface area (Å²) < 4.78 is 2.05. The minimum Gasteiger partial charge on any atom is -0.351 e. The molecule has 1 heterocycles. The maximum Gasteiger partial charge on any atom is 0.0572 e. The number of aryl methyl sites for hydroxylation is 1. The van der Waals surface area contributed by atoms with Gasteiger partial charge in [-0.25, -0.2) is 0 Å². The van der Waals surface area contributed by atoms with E-state index in [4.69, 9.17) is 17.3 Å². The molecule has 15 heavy (non-hydrogen) atoms. The molecule has 0 aliphatic rings. The lowest BCUT2D eigenvalue weighted by Crippen LogP contribution is -1.92. The van der Waals surface area contributed by atoms with Gasteiger partial charge in [0.2, 0.25) is 0 Å². The van der Waals surface area contributed by atoms with E-state index >= 15 is 0 Å². The van der Waals surface area contributed by atoms with Gasteiger partial charge in [0.05, 0.1) is 5.02 Å². The Labute approximate surface area is 93.9 Å². The highest BCUT2D eigenvalue weighted by molar-refractivity contribution is 6.36. The van der Waals surface area contributed by atoms with E-state index in [-0.39, 0.29) is 0 Å². The second-order valence-corrected chi connectivity index (χ2v) is 3.84. The quantitative estimate of drug-likeness (QED) is 0.829. The third-order valence-electron chi connectivity index (χ3n) is 2.46. The van der Waals surface area contributed by atoms with Crippen molar-refractivity contribution in [3.63, 3.8) is 0 Å². The van der Waals surface area contributed by atoms with Gasteiger partial charge in [-0.15, -0.1) is 0 Å². The van der Waals surface area contributed by atoms with E-state index < -0.39 is 0 Å². The van der Waals surface area contributed by atoms with Gasteiger partial charge in [0.1, 0.15) is 0 Å². The molecule has 2 rings (SSSR count). The zero-order valence-electron chi connectivity index (χ0n) is 8.57. The first-order valence-corrected chi connectivity index (χ1v) is 5.22. The molecule has 2 aromatic rings. The number of benzene rings is 1. The molecular formula is C12H13ClN2. The molecule has 0 saturated carbocycles. The molecular weight excluding hydrogens is 208 g/mol. The summed E-state index contributed by atoms with van der Waals surface area (Å²) in [6, 6.07) is 6.10. The SMILES string of the molecule is Cn1ccc2c(Cl)c(/C=C/CN)ccc21. The molecule has 0 amide bonds. The lowest BCUT2D eigenvalue weighted by atomic mass is 10.1. The average molecular weight is 221 g/mol. The number of hydrogen-bond acceptors (Lipinski definition) is 1. The topological polar surface area (TPSA) is 30.9 Å². The van der Waals surface area contributed by atoms with Crippen LogP contribution in [-0.2, 0) is 7.05 Å². The highest BCUT2D eigenvalue weighted by Gasteiger charge is 2.05. The molecule has 0 spiro atoms. The Balaban J connectivity index is 2.60. The van der Waals surface area contributed by atoms with Crippen LogP contribution in [0.1, 0.15) is 5.56 Å². The minimum absolute atomic E-state index is 0.531. The molecule has 3 heteroatoms. The van der Waals surface area contributed by atoms with Gasteiger partial charge in [0.25, 0.3) is 0 Å². The highest BCUT2D eigenvalue weighted by Crippen LogP contribution is 2.28. The zero-order valence-corrected chi connectivity index (χ0v) is 9.33. The number of rotatable bonds is 2. The number of nitrogens with two attached hydrogens (primary N) is 1. The van der Waals surface area contributed by atoms with Crippen molar-refractivity contribution in [2.24, 2.45) is 12.8 Å². The van der Waals surface area contributed by atoms with Crippen LogP contribution in [0.2, 0.25) is 5.02 Å². The highest BCUT2D eigenvalue weighted by atomic mass is 35.5. The summed E-state index contributed by atoms with van der Waals surface area (Å²) in [4.78, 5) is 0. The number of hydrogen-bond donors (Lipinski definition) is 1. The predicted octanol–water partition coefficient (Wildman–Crippen LogP) is 2.80. The van der Waals surface area contributed by atoms with Gasteiger partial charge in [0.15, 0.2) is 0 Å². The van der Waals surface area contributed by atoms with Crippen LogP contribution >= 0.6 is 11.6 Å². The molecule has 2 nitrogen and oxygen atoms in total. The predicted molar refractivity (Wildman–Crippen MR) is 66.0 cm³/mol. The molecule has 0 atom stereocenters. The summed E-state index contributed by atoms with van der Waals surface area (Å²) in [5.74, 6) is 0. The summed E-state index contributed by atoms with van der Waals surface area (Å²) in [5.41, 5.74) is 7.57. The van der Waals surface area contributed by atoms with E-state index in [1.54, 1.807) is 0 Å². The molecule has 1 aromatic heterocycles. The Bertz CT molecular complexity index is 512. The van der Waals surface area contributed by atoms with Crippen molar-refractivity contribution >= 4 is 28.6 Å². The number of nitrogens with zero attached hydrogens (tertiary/aromatic N) is 1. The first kappa shape index (κ1) is 10.3. The van der Waals surface area contributed by atoms with E-state index in [1.807, 2.05) is 37.5 Å². The molecule has 78 valence electrons. The van der Waals surface area contributed by atoms with Gasteiger partial charge in [-0.1, -0.05) is 29.8 Å². The molecule has 0 bridgehead atoms. The average Bonchev–Trinajstić information content (AvgIpc) is 2.61. The number of fused-ring (bicyclic) bond motifs is 1. The second kappa shape index (κ2) is 4.09. The first-order valence-electron chi connectivity index (χ1n) is 4.84. The van der Waals surface area contributed by atoms with E-state index in [1.165, 1.54) is 0 Å². The largest absolute Gasteiger partial charge is 0.351 e. The van der Waals surface area contributed by atoms with Crippen LogP contribution in [0.15, 0.2) is 30.5 Å². The smallest absolute Gasteiger partial charge is 0.0572 e. The van der Waals surface area contributed by atoms with Crippen molar-refractivity contribution in [3.8, 4) is 0 Å². The third-order valence-corrected chi connectivity index (χ3v) is 2.89. The lowest BCUT2D eigenvalue weighted by Gasteiger charge is -2.01. The van der Waals surface area contributed by atoms with Crippen molar-refractivity contribution < 1.29 is 0 Å². The van der Waals surface area contributed by atoms with Crippen molar-refractivity contribution in [3.05, 3.63) is 41.1 Å². The van der Waals surface area contributed by atoms with E-state index in [9.17, 15) is 0 Å². The van der Waals surface area contributed by atoms with Gasteiger partial charge in [-0.2, -0.15) is 0 Å². The van der Waals surface area contributed by atoms with Crippen molar-refractivity contribution in [1.29, 1.82) is 0 Å². The number of halogens is 1. The van der Waals surface area contributed by atoms with Crippen molar-refractivity contribution in [2.45, 2.75) is 0 Å². The maximum absolute atomic E-state index is 6.29. The summed E-state index contributed by atoms with van der Waals surface area (Å²) in [5, 5.41) is 1.87.